The van der Waals surface area contributed by atoms with Crippen molar-refractivity contribution in [2.45, 2.75) is 11.8 Å². The van der Waals surface area contributed by atoms with Gasteiger partial charge in [0.05, 0.1) is 17.1 Å². The first-order valence-electron chi connectivity index (χ1n) is 10.5. The number of amides is 1. The highest BCUT2D eigenvalue weighted by Gasteiger charge is 2.19. The van der Waals surface area contributed by atoms with Crippen LogP contribution >= 0.6 is 23.4 Å². The minimum absolute atomic E-state index is 0.0167. The lowest BCUT2D eigenvalue weighted by Crippen LogP contribution is -2.26. The SMILES string of the molecule is Cc1c(NC(=O)COC(=O)CSc2cccc3cccc(Cl)c23)c(=O)n(-c2ccccc2)n1C. The molecule has 4 aromatic rings. The highest BCUT2D eigenvalue weighted by atomic mass is 35.5. The second kappa shape index (κ2) is 10.2. The summed E-state index contributed by atoms with van der Waals surface area (Å²) in [7, 11) is 1.73. The number of thioether (sulfide) groups is 1. The summed E-state index contributed by atoms with van der Waals surface area (Å²) >= 11 is 7.61. The quantitative estimate of drug-likeness (QED) is 0.300. The number of esters is 1. The minimum atomic E-state index is -0.586. The van der Waals surface area contributed by atoms with Crippen molar-refractivity contribution < 1.29 is 14.3 Å². The summed E-state index contributed by atoms with van der Waals surface area (Å²) < 4.78 is 8.24. The van der Waals surface area contributed by atoms with Crippen LogP contribution in [-0.2, 0) is 21.4 Å². The molecule has 9 heteroatoms. The number of nitrogens with zero attached hydrogens (tertiary/aromatic N) is 2. The van der Waals surface area contributed by atoms with Gasteiger partial charge in [-0.2, -0.15) is 0 Å². The van der Waals surface area contributed by atoms with Gasteiger partial charge in [0.15, 0.2) is 6.61 Å². The van der Waals surface area contributed by atoms with Crippen LogP contribution in [0.25, 0.3) is 16.5 Å². The number of para-hydroxylation sites is 1. The normalized spacial score (nSPS) is 10.9. The lowest BCUT2D eigenvalue weighted by molar-refractivity contribution is -0.144. The van der Waals surface area contributed by atoms with Gasteiger partial charge in [-0.15, -0.1) is 11.8 Å². The molecule has 0 aliphatic heterocycles. The largest absolute Gasteiger partial charge is 0.455 e. The van der Waals surface area contributed by atoms with Crippen LogP contribution in [0.3, 0.4) is 0 Å². The molecule has 0 saturated carbocycles. The molecule has 0 bridgehead atoms. The number of benzene rings is 3. The van der Waals surface area contributed by atoms with Crippen molar-refractivity contribution in [3.63, 3.8) is 0 Å². The summed E-state index contributed by atoms with van der Waals surface area (Å²) in [6.45, 7) is 1.24. The molecule has 34 heavy (non-hydrogen) atoms. The second-order valence-corrected chi connectivity index (χ2v) is 8.95. The van der Waals surface area contributed by atoms with Gasteiger partial charge < -0.3 is 10.1 Å². The molecule has 3 aromatic carbocycles. The Morgan fingerprint density at radius 3 is 2.47 bits per heavy atom. The molecule has 7 nitrogen and oxygen atoms in total. The van der Waals surface area contributed by atoms with Crippen molar-refractivity contribution in [3.8, 4) is 5.69 Å². The molecule has 0 unspecified atom stereocenters. The molecule has 0 aliphatic rings. The van der Waals surface area contributed by atoms with Crippen LogP contribution in [0.5, 0.6) is 0 Å². The standard InChI is InChI=1S/C25H22ClN3O4S/c1-16-24(25(32)29(28(16)2)18-10-4-3-5-11-18)27-21(30)14-33-22(31)15-34-20-13-7-9-17-8-6-12-19(26)23(17)20/h3-13H,14-15H2,1-2H3,(H,27,30). The third kappa shape index (κ3) is 4.88. The molecule has 1 N–H and O–H groups in total. The van der Waals surface area contributed by atoms with E-state index < -0.39 is 18.5 Å². The molecule has 174 valence electrons. The zero-order valence-electron chi connectivity index (χ0n) is 18.6. The van der Waals surface area contributed by atoms with E-state index in [0.717, 1.165) is 15.7 Å². The summed E-state index contributed by atoms with van der Waals surface area (Å²) in [6, 6.07) is 20.5. The molecule has 0 atom stereocenters. The molecular formula is C25H22ClN3O4S. The Kier molecular flexibility index (Phi) is 7.09. The molecule has 4 rings (SSSR count). The van der Waals surface area contributed by atoms with E-state index in [1.165, 1.54) is 16.4 Å². The molecule has 0 spiro atoms. The second-order valence-electron chi connectivity index (χ2n) is 7.53. The smallest absolute Gasteiger partial charge is 0.316 e. The Labute approximate surface area is 205 Å². The van der Waals surface area contributed by atoms with Gasteiger partial charge in [-0.3, -0.25) is 19.1 Å². The molecule has 1 heterocycles. The number of carbonyl (C=O) groups excluding carboxylic acids is 2. The van der Waals surface area contributed by atoms with Crippen LogP contribution in [0, 0.1) is 6.92 Å². The van der Waals surface area contributed by atoms with Crippen molar-refractivity contribution in [3.05, 3.63) is 87.8 Å². The first-order chi connectivity index (χ1) is 16.4. The number of aromatic nitrogens is 2. The van der Waals surface area contributed by atoms with Gasteiger partial charge in [-0.1, -0.05) is 54.1 Å². The summed E-state index contributed by atoms with van der Waals surface area (Å²) in [4.78, 5) is 38.4. The maximum atomic E-state index is 12.9. The van der Waals surface area contributed by atoms with Crippen molar-refractivity contribution in [1.82, 2.24) is 9.36 Å². The average Bonchev–Trinajstić information content (AvgIpc) is 3.05. The predicted molar refractivity (Wildman–Crippen MR) is 135 cm³/mol. The molecule has 0 aliphatic carbocycles. The van der Waals surface area contributed by atoms with Gasteiger partial charge in [0.1, 0.15) is 5.69 Å². The monoisotopic (exact) mass is 495 g/mol. The number of carbonyl (C=O) groups is 2. The Hall–Kier alpha value is -3.49. The Bertz CT molecular complexity index is 1420. The summed E-state index contributed by atoms with van der Waals surface area (Å²) in [5.74, 6) is -1.11. The topological polar surface area (TPSA) is 82.3 Å². The third-order valence-electron chi connectivity index (χ3n) is 5.34. The highest BCUT2D eigenvalue weighted by Crippen LogP contribution is 2.33. The van der Waals surface area contributed by atoms with Gasteiger partial charge in [0.2, 0.25) is 0 Å². The lowest BCUT2D eigenvalue weighted by atomic mass is 10.1. The van der Waals surface area contributed by atoms with Crippen molar-refractivity contribution in [2.24, 2.45) is 7.05 Å². The number of halogens is 1. The van der Waals surface area contributed by atoms with E-state index in [0.29, 0.717) is 16.4 Å². The number of anilines is 1. The first kappa shape index (κ1) is 23.7. The average molecular weight is 496 g/mol. The van der Waals surface area contributed by atoms with E-state index >= 15 is 0 Å². The van der Waals surface area contributed by atoms with E-state index in [9.17, 15) is 14.4 Å². The predicted octanol–water partition coefficient (Wildman–Crippen LogP) is 4.57. The molecule has 0 radical (unpaired) electrons. The van der Waals surface area contributed by atoms with Gasteiger partial charge in [0, 0.05) is 22.4 Å². The number of hydrogen-bond acceptors (Lipinski definition) is 5. The Balaban J connectivity index is 1.37. The van der Waals surface area contributed by atoms with Crippen LogP contribution in [-0.4, -0.2) is 33.6 Å². The zero-order chi connectivity index (χ0) is 24.2. The Morgan fingerprint density at radius 2 is 1.74 bits per heavy atom. The fraction of sp³-hybridized carbons (Fsp3) is 0.160. The maximum Gasteiger partial charge on any atom is 0.316 e. The number of rotatable bonds is 7. The fourth-order valence-electron chi connectivity index (χ4n) is 3.59. The summed E-state index contributed by atoms with van der Waals surface area (Å²) in [6.07, 6.45) is 0. The number of fused-ring (bicyclic) bond motifs is 1. The van der Waals surface area contributed by atoms with Crippen molar-refractivity contribution in [2.75, 3.05) is 17.7 Å². The molecule has 0 fully saturated rings. The molecule has 1 aromatic heterocycles. The highest BCUT2D eigenvalue weighted by molar-refractivity contribution is 8.00. The van der Waals surface area contributed by atoms with Gasteiger partial charge in [-0.05, 0) is 36.6 Å². The lowest BCUT2D eigenvalue weighted by Gasteiger charge is -2.08. The van der Waals surface area contributed by atoms with Gasteiger partial charge in [0.25, 0.3) is 11.5 Å². The summed E-state index contributed by atoms with van der Waals surface area (Å²) in [5.41, 5.74) is 1.04. The first-order valence-corrected chi connectivity index (χ1v) is 11.8. The van der Waals surface area contributed by atoms with E-state index in [4.69, 9.17) is 16.3 Å². The van der Waals surface area contributed by atoms with E-state index in [-0.39, 0.29) is 17.0 Å². The third-order valence-corrected chi connectivity index (χ3v) is 6.69. The van der Waals surface area contributed by atoms with Crippen LogP contribution in [0.15, 0.2) is 76.4 Å². The zero-order valence-corrected chi connectivity index (χ0v) is 20.2. The van der Waals surface area contributed by atoms with E-state index in [2.05, 4.69) is 5.32 Å². The molecular weight excluding hydrogens is 474 g/mol. The number of nitrogens with one attached hydrogen (secondary N) is 1. The number of hydrogen-bond donors (Lipinski definition) is 1. The fourth-order valence-corrected chi connectivity index (χ4v) is 4.84. The van der Waals surface area contributed by atoms with E-state index in [1.54, 1.807) is 36.9 Å². The van der Waals surface area contributed by atoms with Crippen LogP contribution < -0.4 is 10.9 Å². The van der Waals surface area contributed by atoms with Gasteiger partial charge in [-0.25, -0.2) is 4.68 Å². The van der Waals surface area contributed by atoms with Gasteiger partial charge >= 0.3 is 5.97 Å². The molecule has 1 amide bonds. The summed E-state index contributed by atoms with van der Waals surface area (Å²) in [5, 5.41) is 5.03. The van der Waals surface area contributed by atoms with Crippen LogP contribution in [0.4, 0.5) is 5.69 Å². The minimum Gasteiger partial charge on any atom is -0.455 e. The van der Waals surface area contributed by atoms with Crippen molar-refractivity contribution in [1.29, 1.82) is 0 Å². The maximum absolute atomic E-state index is 12.9. The Morgan fingerprint density at radius 1 is 1.03 bits per heavy atom. The number of ether oxygens (including phenoxy) is 1. The van der Waals surface area contributed by atoms with Crippen LogP contribution in [0.2, 0.25) is 5.02 Å². The molecule has 0 saturated heterocycles. The van der Waals surface area contributed by atoms with E-state index in [1.807, 2.05) is 48.5 Å². The van der Waals surface area contributed by atoms with Crippen molar-refractivity contribution >= 4 is 51.7 Å². The van der Waals surface area contributed by atoms with Crippen LogP contribution in [0.1, 0.15) is 5.69 Å².